The van der Waals surface area contributed by atoms with Crippen LogP contribution < -0.4 is 5.32 Å². The molecule has 3 nitrogen and oxygen atoms in total. The molecule has 1 aromatic rings. The van der Waals surface area contributed by atoms with Crippen molar-refractivity contribution >= 4 is 0 Å². The second kappa shape index (κ2) is 6.12. The van der Waals surface area contributed by atoms with Gasteiger partial charge in [-0.15, -0.1) is 0 Å². The molecule has 2 heterocycles. The molecule has 94 valence electrons. The lowest BCUT2D eigenvalue weighted by molar-refractivity contribution is 0.117. The summed E-state index contributed by atoms with van der Waals surface area (Å²) in [5, 5.41) is 3.57. The van der Waals surface area contributed by atoms with Crippen LogP contribution in [0.2, 0.25) is 0 Å². The highest BCUT2D eigenvalue weighted by molar-refractivity contribution is 5.06. The zero-order chi connectivity index (χ0) is 12.1. The van der Waals surface area contributed by atoms with Gasteiger partial charge in [0.15, 0.2) is 0 Å². The molecule has 1 saturated heterocycles. The number of pyridine rings is 1. The molecule has 0 spiro atoms. The fourth-order valence-electron chi connectivity index (χ4n) is 2.54. The van der Waals surface area contributed by atoms with E-state index in [1.807, 2.05) is 12.3 Å². The van der Waals surface area contributed by atoms with Crippen LogP contribution in [0.25, 0.3) is 0 Å². The average Bonchev–Trinajstić information content (AvgIpc) is 2.77. The van der Waals surface area contributed by atoms with Gasteiger partial charge in [0.25, 0.3) is 0 Å². The normalized spacial score (nSPS) is 26.0. The maximum absolute atomic E-state index is 5.67. The van der Waals surface area contributed by atoms with Crippen molar-refractivity contribution in [2.45, 2.75) is 38.8 Å². The van der Waals surface area contributed by atoms with Gasteiger partial charge < -0.3 is 10.1 Å². The molecule has 1 N–H and O–H groups in total. The largest absolute Gasteiger partial charge is 0.378 e. The Morgan fingerprint density at radius 1 is 1.53 bits per heavy atom. The molecule has 1 aromatic heterocycles. The summed E-state index contributed by atoms with van der Waals surface area (Å²) in [6.07, 6.45) is 4.43. The van der Waals surface area contributed by atoms with Gasteiger partial charge >= 0.3 is 0 Å². The van der Waals surface area contributed by atoms with E-state index in [1.165, 1.54) is 0 Å². The maximum atomic E-state index is 5.67. The van der Waals surface area contributed by atoms with E-state index in [2.05, 4.69) is 36.3 Å². The van der Waals surface area contributed by atoms with Gasteiger partial charge in [0.05, 0.1) is 12.7 Å². The van der Waals surface area contributed by atoms with Gasteiger partial charge in [-0.3, -0.25) is 4.98 Å². The smallest absolute Gasteiger partial charge is 0.0551 e. The van der Waals surface area contributed by atoms with Gasteiger partial charge in [0.1, 0.15) is 0 Å². The van der Waals surface area contributed by atoms with E-state index >= 15 is 0 Å². The first-order chi connectivity index (χ1) is 8.29. The van der Waals surface area contributed by atoms with Gasteiger partial charge in [-0.25, -0.2) is 0 Å². The minimum Gasteiger partial charge on any atom is -0.378 e. The lowest BCUT2D eigenvalue weighted by Crippen LogP contribution is -2.38. The second-order valence-electron chi connectivity index (χ2n) is 4.83. The van der Waals surface area contributed by atoms with Crippen LogP contribution in [-0.2, 0) is 11.2 Å². The first kappa shape index (κ1) is 12.5. The SMILES string of the molecule is CCNC(Cc1ccccn1)C1COC(C)C1. The standard InChI is InChI=1S/C14H22N2O/c1-3-15-14(12-8-11(2)17-10-12)9-13-6-4-5-7-16-13/h4-7,11-12,14-15H,3,8-10H2,1-2H3. The van der Waals surface area contributed by atoms with E-state index in [4.69, 9.17) is 4.74 Å². The van der Waals surface area contributed by atoms with E-state index in [1.54, 1.807) is 0 Å². The summed E-state index contributed by atoms with van der Waals surface area (Å²) in [6.45, 7) is 6.20. The van der Waals surface area contributed by atoms with Gasteiger partial charge in [0, 0.05) is 30.3 Å². The van der Waals surface area contributed by atoms with Crippen LogP contribution in [0.1, 0.15) is 26.0 Å². The van der Waals surface area contributed by atoms with Crippen LogP contribution >= 0.6 is 0 Å². The fourth-order valence-corrected chi connectivity index (χ4v) is 2.54. The number of nitrogens with one attached hydrogen (secondary N) is 1. The van der Waals surface area contributed by atoms with Crippen molar-refractivity contribution in [3.05, 3.63) is 30.1 Å². The summed E-state index contributed by atoms with van der Waals surface area (Å²) in [5.74, 6) is 0.618. The number of aromatic nitrogens is 1. The molecular formula is C14H22N2O. The zero-order valence-electron chi connectivity index (χ0n) is 10.7. The van der Waals surface area contributed by atoms with Gasteiger partial charge in [-0.2, -0.15) is 0 Å². The third-order valence-electron chi connectivity index (χ3n) is 3.42. The van der Waals surface area contributed by atoms with Crippen molar-refractivity contribution in [1.82, 2.24) is 10.3 Å². The zero-order valence-corrected chi connectivity index (χ0v) is 10.7. The molecule has 3 heteroatoms. The van der Waals surface area contributed by atoms with Crippen molar-refractivity contribution in [2.24, 2.45) is 5.92 Å². The highest BCUT2D eigenvalue weighted by Gasteiger charge is 2.29. The number of hydrogen-bond acceptors (Lipinski definition) is 3. The van der Waals surface area contributed by atoms with Gasteiger partial charge in [-0.1, -0.05) is 13.0 Å². The Hall–Kier alpha value is -0.930. The highest BCUT2D eigenvalue weighted by Crippen LogP contribution is 2.24. The Bertz CT molecular complexity index is 328. The molecule has 1 fully saturated rings. The molecule has 3 unspecified atom stereocenters. The molecule has 0 aromatic carbocycles. The number of nitrogens with zero attached hydrogens (tertiary/aromatic N) is 1. The van der Waals surface area contributed by atoms with Crippen molar-refractivity contribution in [3.8, 4) is 0 Å². The van der Waals surface area contributed by atoms with E-state index in [0.29, 0.717) is 18.1 Å². The van der Waals surface area contributed by atoms with Crippen LogP contribution in [0.15, 0.2) is 24.4 Å². The van der Waals surface area contributed by atoms with Crippen molar-refractivity contribution in [3.63, 3.8) is 0 Å². The summed E-state index contributed by atoms with van der Waals surface area (Å²) in [5.41, 5.74) is 1.16. The topological polar surface area (TPSA) is 34.2 Å². The van der Waals surface area contributed by atoms with Crippen molar-refractivity contribution in [2.75, 3.05) is 13.2 Å². The van der Waals surface area contributed by atoms with Crippen LogP contribution in [0.3, 0.4) is 0 Å². The minimum atomic E-state index is 0.407. The summed E-state index contributed by atoms with van der Waals surface area (Å²) in [6, 6.07) is 6.61. The first-order valence-corrected chi connectivity index (χ1v) is 6.54. The van der Waals surface area contributed by atoms with Gasteiger partial charge in [0.2, 0.25) is 0 Å². The molecule has 0 saturated carbocycles. The number of hydrogen-bond donors (Lipinski definition) is 1. The third kappa shape index (κ3) is 3.51. The van der Waals surface area contributed by atoms with Crippen molar-refractivity contribution < 1.29 is 4.74 Å². The quantitative estimate of drug-likeness (QED) is 0.846. The van der Waals surface area contributed by atoms with E-state index in [-0.39, 0.29) is 0 Å². The Balaban J connectivity index is 1.97. The minimum absolute atomic E-state index is 0.407. The lowest BCUT2D eigenvalue weighted by atomic mass is 9.93. The first-order valence-electron chi connectivity index (χ1n) is 6.54. The summed E-state index contributed by atoms with van der Waals surface area (Å²) < 4.78 is 5.67. The molecule has 17 heavy (non-hydrogen) atoms. The molecule has 3 atom stereocenters. The van der Waals surface area contributed by atoms with Crippen LogP contribution in [0.5, 0.6) is 0 Å². The predicted octanol–water partition coefficient (Wildman–Crippen LogP) is 2.03. The molecule has 0 amide bonds. The Labute approximate surface area is 104 Å². The third-order valence-corrected chi connectivity index (χ3v) is 3.42. The molecule has 1 aliphatic heterocycles. The number of likely N-dealkylation sites (N-methyl/N-ethyl adjacent to an activating group) is 1. The van der Waals surface area contributed by atoms with E-state index in [0.717, 1.165) is 31.7 Å². The average molecular weight is 234 g/mol. The number of rotatable bonds is 5. The molecular weight excluding hydrogens is 212 g/mol. The Kier molecular flexibility index (Phi) is 4.51. The molecule has 1 aliphatic rings. The lowest BCUT2D eigenvalue weighted by Gasteiger charge is -2.23. The second-order valence-corrected chi connectivity index (χ2v) is 4.83. The monoisotopic (exact) mass is 234 g/mol. The highest BCUT2D eigenvalue weighted by atomic mass is 16.5. The molecule has 0 bridgehead atoms. The molecule has 2 rings (SSSR count). The Morgan fingerprint density at radius 3 is 3.00 bits per heavy atom. The molecule has 0 radical (unpaired) electrons. The summed E-state index contributed by atoms with van der Waals surface area (Å²) in [4.78, 5) is 4.41. The maximum Gasteiger partial charge on any atom is 0.0551 e. The molecule has 0 aliphatic carbocycles. The van der Waals surface area contributed by atoms with Crippen molar-refractivity contribution in [1.29, 1.82) is 0 Å². The number of ether oxygens (including phenoxy) is 1. The fraction of sp³-hybridized carbons (Fsp3) is 0.643. The van der Waals surface area contributed by atoms with E-state index in [9.17, 15) is 0 Å². The van der Waals surface area contributed by atoms with E-state index < -0.39 is 0 Å². The van der Waals surface area contributed by atoms with Crippen LogP contribution in [0, 0.1) is 5.92 Å². The van der Waals surface area contributed by atoms with Crippen LogP contribution in [0.4, 0.5) is 0 Å². The van der Waals surface area contributed by atoms with Gasteiger partial charge in [-0.05, 0) is 32.0 Å². The van der Waals surface area contributed by atoms with Crippen LogP contribution in [-0.4, -0.2) is 30.3 Å². The Morgan fingerprint density at radius 2 is 2.41 bits per heavy atom. The summed E-state index contributed by atoms with van der Waals surface area (Å²) >= 11 is 0. The predicted molar refractivity (Wildman–Crippen MR) is 68.9 cm³/mol. The summed E-state index contributed by atoms with van der Waals surface area (Å²) in [7, 11) is 0.